The van der Waals surface area contributed by atoms with Gasteiger partial charge in [-0.25, -0.2) is 9.37 Å². The maximum atomic E-state index is 14.0. The van der Waals surface area contributed by atoms with E-state index in [4.69, 9.17) is 0 Å². The number of benzene rings is 2. The van der Waals surface area contributed by atoms with Gasteiger partial charge in [-0.1, -0.05) is 32.0 Å². The molecule has 2 aromatic heterocycles. The van der Waals surface area contributed by atoms with Crippen molar-refractivity contribution in [3.63, 3.8) is 0 Å². The normalized spacial score (nSPS) is 16.2. The number of para-hydroxylation sites is 1. The van der Waals surface area contributed by atoms with Gasteiger partial charge < -0.3 is 20.9 Å². The third-order valence-electron chi connectivity index (χ3n) is 6.42. The largest absolute Gasteiger partial charge is 0.356 e. The molecular weight excluding hydrogens is 521 g/mol. The molecule has 1 aliphatic heterocycles. The predicted molar refractivity (Wildman–Crippen MR) is 148 cm³/mol. The molecule has 9 nitrogen and oxygen atoms in total. The number of thiazole rings is 1. The molecule has 4 aromatic rings. The molecular formula is C28H30FN5O4S. The lowest BCUT2D eigenvalue weighted by Gasteiger charge is -2.21. The number of aromatic nitrogens is 2. The Bertz CT molecular complexity index is 1500. The van der Waals surface area contributed by atoms with E-state index in [1.54, 1.807) is 12.1 Å². The van der Waals surface area contributed by atoms with Crippen molar-refractivity contribution in [3.8, 4) is 0 Å². The summed E-state index contributed by atoms with van der Waals surface area (Å²) in [4.78, 5) is 58.6. The summed E-state index contributed by atoms with van der Waals surface area (Å²) in [6.45, 7) is 6.00. The quantitative estimate of drug-likeness (QED) is 0.246. The third kappa shape index (κ3) is 6.14. The smallest absolute Gasteiger partial charge is 0.268 e. The fraction of sp³-hybridized carbons (Fsp3) is 0.321. The van der Waals surface area contributed by atoms with E-state index >= 15 is 0 Å². The average Bonchev–Trinajstić information content (AvgIpc) is 3.67. The number of amides is 3. The molecule has 3 atom stereocenters. The number of hydrogen-bond donors (Lipinski definition) is 4. The highest BCUT2D eigenvalue weighted by atomic mass is 32.1. The summed E-state index contributed by atoms with van der Waals surface area (Å²) in [5.74, 6) is -2.63. The monoisotopic (exact) mass is 551 g/mol. The number of rotatable bonds is 8. The van der Waals surface area contributed by atoms with Crippen LogP contribution in [0.2, 0.25) is 0 Å². The number of nitrogens with one attached hydrogen (secondary N) is 4. The van der Waals surface area contributed by atoms with Crippen molar-refractivity contribution in [1.82, 2.24) is 25.9 Å². The van der Waals surface area contributed by atoms with Crippen LogP contribution in [0, 0.1) is 11.7 Å². The van der Waals surface area contributed by atoms with Crippen LogP contribution >= 0.6 is 11.3 Å². The lowest BCUT2D eigenvalue weighted by molar-refractivity contribution is -0.125. The highest BCUT2D eigenvalue weighted by molar-refractivity contribution is 7.20. The Hall–Kier alpha value is -4.12. The number of nitrogens with zero attached hydrogens (tertiary/aromatic N) is 1. The summed E-state index contributed by atoms with van der Waals surface area (Å²) in [5.41, 5.74) is 1.23. The van der Waals surface area contributed by atoms with E-state index in [0.717, 1.165) is 4.70 Å². The average molecular weight is 552 g/mol. The highest BCUT2D eigenvalue weighted by Gasteiger charge is 2.34. The molecule has 11 heteroatoms. The lowest BCUT2D eigenvalue weighted by atomic mass is 9.95. The Morgan fingerprint density at radius 2 is 1.90 bits per heavy atom. The number of carbonyl (C=O) groups excluding carboxylic acids is 4. The van der Waals surface area contributed by atoms with Gasteiger partial charge in [-0.2, -0.15) is 0 Å². The minimum Gasteiger partial charge on any atom is -0.356 e. The molecule has 1 unspecified atom stereocenters. The van der Waals surface area contributed by atoms with Crippen molar-refractivity contribution in [2.75, 3.05) is 6.54 Å². The molecule has 3 heterocycles. The number of Topliss-reactive ketones (excluding diaryl/α,β-unsaturated/α-hetero) is 1. The number of fused-ring (bicyclic) bond motifs is 2. The van der Waals surface area contributed by atoms with Crippen molar-refractivity contribution in [2.24, 2.45) is 5.92 Å². The number of ketones is 1. The van der Waals surface area contributed by atoms with Crippen molar-refractivity contribution in [2.45, 2.75) is 45.7 Å². The number of H-pyrrole nitrogens is 1. The fourth-order valence-electron chi connectivity index (χ4n) is 4.39. The fourth-order valence-corrected chi connectivity index (χ4v) is 5.35. The van der Waals surface area contributed by atoms with Gasteiger partial charge in [0.05, 0.1) is 16.3 Å². The molecule has 4 N–H and O–H groups in total. The first-order valence-corrected chi connectivity index (χ1v) is 13.7. The van der Waals surface area contributed by atoms with Gasteiger partial charge in [-0.15, -0.1) is 11.3 Å². The number of halogens is 1. The van der Waals surface area contributed by atoms with E-state index in [1.165, 1.54) is 36.5 Å². The Morgan fingerprint density at radius 1 is 1.13 bits per heavy atom. The van der Waals surface area contributed by atoms with Crippen molar-refractivity contribution in [3.05, 3.63) is 65.0 Å². The van der Waals surface area contributed by atoms with E-state index in [2.05, 4.69) is 25.9 Å². The molecule has 1 aliphatic rings. The summed E-state index contributed by atoms with van der Waals surface area (Å²) in [7, 11) is 0. The third-order valence-corrected chi connectivity index (χ3v) is 7.47. The standard InChI is InChI=1S/C26H24FN5O4S.C2H6/c1-13(29-25(36)20-12-15-16(27)5-4-7-17(15)30-20)23(34)31-19(11-14-9-10-28-24(14)35)22(33)26-32-18-6-2-3-8-21(18)37-26;1-2/h2-8,12-14,19,30H,9-11H2,1H3,(H,28,35)(H,29,36)(H,31,34);1-2H3/t13-,14?,19-;/m0./s1. The van der Waals surface area contributed by atoms with Gasteiger partial charge in [0.15, 0.2) is 5.01 Å². The zero-order valence-corrected chi connectivity index (χ0v) is 22.7. The molecule has 1 fully saturated rings. The van der Waals surface area contributed by atoms with E-state index in [1.807, 2.05) is 32.0 Å². The first-order chi connectivity index (χ1) is 18.8. The summed E-state index contributed by atoms with van der Waals surface area (Å²) in [5, 5.41) is 8.54. The number of aromatic amines is 1. The molecule has 0 bridgehead atoms. The molecule has 0 saturated carbocycles. The first-order valence-electron chi connectivity index (χ1n) is 12.9. The van der Waals surface area contributed by atoms with E-state index < -0.39 is 35.6 Å². The molecule has 2 aromatic carbocycles. The maximum absolute atomic E-state index is 14.0. The summed E-state index contributed by atoms with van der Waals surface area (Å²) >= 11 is 1.22. The van der Waals surface area contributed by atoms with Gasteiger partial charge in [0, 0.05) is 23.4 Å². The first kappa shape index (κ1) is 27.9. The second kappa shape index (κ2) is 12.2. The second-order valence-electron chi connectivity index (χ2n) is 9.00. The van der Waals surface area contributed by atoms with Gasteiger partial charge in [0.25, 0.3) is 5.91 Å². The maximum Gasteiger partial charge on any atom is 0.268 e. The molecule has 204 valence electrons. The van der Waals surface area contributed by atoms with Crippen molar-refractivity contribution in [1.29, 1.82) is 0 Å². The Balaban J connectivity index is 0.00000172. The number of carbonyl (C=O) groups is 4. The SMILES string of the molecule is CC.C[C@H](NC(=O)c1cc2c(F)cccc2[nH]1)C(=O)N[C@@H](CC1CCNC1=O)C(=O)c1nc2ccccc2s1. The minimum atomic E-state index is -1.01. The zero-order chi connectivity index (χ0) is 28.1. The highest BCUT2D eigenvalue weighted by Crippen LogP contribution is 2.25. The Kier molecular flexibility index (Phi) is 8.70. The van der Waals surface area contributed by atoms with Crippen LogP contribution in [0.5, 0.6) is 0 Å². The van der Waals surface area contributed by atoms with Crippen LogP contribution in [0.25, 0.3) is 21.1 Å². The molecule has 3 amide bonds. The van der Waals surface area contributed by atoms with Gasteiger partial charge in [0.1, 0.15) is 17.6 Å². The molecule has 5 rings (SSSR count). The second-order valence-corrected chi connectivity index (χ2v) is 10.0. The van der Waals surface area contributed by atoms with Crippen LogP contribution in [0.4, 0.5) is 4.39 Å². The topological polar surface area (TPSA) is 133 Å². The molecule has 0 radical (unpaired) electrons. The number of hydrogen-bond acceptors (Lipinski definition) is 6. The minimum absolute atomic E-state index is 0.101. The Morgan fingerprint density at radius 3 is 2.59 bits per heavy atom. The summed E-state index contributed by atoms with van der Waals surface area (Å²) in [6.07, 6.45) is 0.676. The Labute approximate surface area is 228 Å². The molecule has 0 aliphatic carbocycles. The lowest BCUT2D eigenvalue weighted by Crippen LogP contribution is -2.51. The summed E-state index contributed by atoms with van der Waals surface area (Å²) < 4.78 is 14.8. The van der Waals surface area contributed by atoms with Crippen molar-refractivity contribution < 1.29 is 23.6 Å². The van der Waals surface area contributed by atoms with Crippen molar-refractivity contribution >= 4 is 56.0 Å². The van der Waals surface area contributed by atoms with Gasteiger partial charge in [-0.3, -0.25) is 19.2 Å². The van der Waals surface area contributed by atoms with Crippen LogP contribution in [0.3, 0.4) is 0 Å². The van der Waals surface area contributed by atoms with E-state index in [9.17, 15) is 23.6 Å². The van der Waals surface area contributed by atoms with Gasteiger partial charge >= 0.3 is 0 Å². The van der Waals surface area contributed by atoms with Crippen LogP contribution in [0.1, 0.15) is 53.9 Å². The van der Waals surface area contributed by atoms with Crippen LogP contribution in [0.15, 0.2) is 48.5 Å². The molecule has 0 spiro atoms. The van der Waals surface area contributed by atoms with E-state index in [-0.39, 0.29) is 34.2 Å². The van der Waals surface area contributed by atoms with Gasteiger partial charge in [0.2, 0.25) is 17.6 Å². The zero-order valence-electron chi connectivity index (χ0n) is 21.8. The van der Waals surface area contributed by atoms with Crippen LogP contribution in [-0.4, -0.2) is 52.1 Å². The molecule has 39 heavy (non-hydrogen) atoms. The molecule has 1 saturated heterocycles. The van der Waals surface area contributed by atoms with Crippen LogP contribution < -0.4 is 16.0 Å². The van der Waals surface area contributed by atoms with E-state index in [0.29, 0.717) is 24.0 Å². The van der Waals surface area contributed by atoms with Gasteiger partial charge in [-0.05, 0) is 50.1 Å². The van der Waals surface area contributed by atoms with Crippen LogP contribution in [-0.2, 0) is 9.59 Å². The summed E-state index contributed by atoms with van der Waals surface area (Å²) in [6, 6.07) is 11.2. The predicted octanol–water partition coefficient (Wildman–Crippen LogP) is 3.96.